The number of barbiturate groups is 1. The lowest BCUT2D eigenvalue weighted by Gasteiger charge is -2.47. The van der Waals surface area contributed by atoms with E-state index in [0.29, 0.717) is 25.7 Å². The number of rotatable bonds is 1. The fraction of sp³-hybridized carbons (Fsp3) is 0.667. The SMILES string of the molecule is O=C1CCC(N2C(=O)NC(=O)C3(CCC3)C2=O)CN1. The first kappa shape index (κ1) is 12.1. The van der Waals surface area contributed by atoms with Crippen molar-refractivity contribution in [2.24, 2.45) is 5.41 Å². The highest BCUT2D eigenvalue weighted by atomic mass is 16.2. The molecule has 2 aliphatic heterocycles. The zero-order chi connectivity index (χ0) is 13.6. The van der Waals surface area contributed by atoms with Gasteiger partial charge in [0.05, 0.1) is 6.04 Å². The van der Waals surface area contributed by atoms with E-state index in [2.05, 4.69) is 10.6 Å². The van der Waals surface area contributed by atoms with Crippen molar-refractivity contribution >= 4 is 23.8 Å². The summed E-state index contributed by atoms with van der Waals surface area (Å²) in [7, 11) is 0. The summed E-state index contributed by atoms with van der Waals surface area (Å²) in [5, 5.41) is 4.92. The van der Waals surface area contributed by atoms with Crippen molar-refractivity contribution in [3.05, 3.63) is 0 Å². The summed E-state index contributed by atoms with van der Waals surface area (Å²) >= 11 is 0. The van der Waals surface area contributed by atoms with E-state index in [1.165, 1.54) is 0 Å². The maximum atomic E-state index is 12.5. The van der Waals surface area contributed by atoms with Crippen molar-refractivity contribution in [1.82, 2.24) is 15.5 Å². The number of nitrogens with one attached hydrogen (secondary N) is 2. The largest absolute Gasteiger partial charge is 0.354 e. The number of urea groups is 1. The van der Waals surface area contributed by atoms with Gasteiger partial charge in [0.15, 0.2) is 0 Å². The quantitative estimate of drug-likeness (QED) is 0.625. The third-order valence-electron chi connectivity index (χ3n) is 4.31. The number of piperidine rings is 1. The second-order valence-corrected chi connectivity index (χ2v) is 5.37. The van der Waals surface area contributed by atoms with Crippen LogP contribution in [0.4, 0.5) is 4.79 Å². The van der Waals surface area contributed by atoms with Gasteiger partial charge in [-0.2, -0.15) is 0 Å². The molecule has 0 aromatic carbocycles. The van der Waals surface area contributed by atoms with Crippen LogP contribution in [0.3, 0.4) is 0 Å². The van der Waals surface area contributed by atoms with Gasteiger partial charge < -0.3 is 5.32 Å². The second kappa shape index (κ2) is 4.04. The Morgan fingerprint density at radius 2 is 1.89 bits per heavy atom. The summed E-state index contributed by atoms with van der Waals surface area (Å²) in [6.45, 7) is 0.266. The Morgan fingerprint density at radius 3 is 2.42 bits per heavy atom. The number of amides is 5. The van der Waals surface area contributed by atoms with Crippen molar-refractivity contribution in [3.8, 4) is 0 Å². The summed E-state index contributed by atoms with van der Waals surface area (Å²) in [6, 6.07) is -1.01. The van der Waals surface area contributed by atoms with Gasteiger partial charge in [-0.25, -0.2) is 4.79 Å². The second-order valence-electron chi connectivity index (χ2n) is 5.37. The number of carbonyl (C=O) groups excluding carboxylic acids is 4. The molecule has 2 heterocycles. The molecule has 0 aromatic rings. The molecular weight excluding hydrogens is 250 g/mol. The van der Waals surface area contributed by atoms with Gasteiger partial charge in [-0.3, -0.25) is 24.6 Å². The van der Waals surface area contributed by atoms with Crippen LogP contribution in [0.25, 0.3) is 0 Å². The Morgan fingerprint density at radius 1 is 1.16 bits per heavy atom. The summed E-state index contributed by atoms with van der Waals surface area (Å²) in [5.74, 6) is -0.936. The van der Waals surface area contributed by atoms with Crippen molar-refractivity contribution in [1.29, 1.82) is 0 Å². The number of nitrogens with zero attached hydrogens (tertiary/aromatic N) is 1. The Kier molecular flexibility index (Phi) is 2.58. The van der Waals surface area contributed by atoms with Crippen molar-refractivity contribution in [2.75, 3.05) is 6.54 Å². The van der Waals surface area contributed by atoms with E-state index < -0.39 is 23.3 Å². The van der Waals surface area contributed by atoms with Crippen LogP contribution in [-0.4, -0.2) is 41.2 Å². The monoisotopic (exact) mass is 265 g/mol. The molecule has 1 saturated carbocycles. The first-order valence-corrected chi connectivity index (χ1v) is 6.50. The fourth-order valence-electron chi connectivity index (χ4n) is 2.94. The predicted octanol–water partition coefficient (Wildman–Crippen LogP) is -0.486. The Hall–Kier alpha value is -1.92. The van der Waals surface area contributed by atoms with Crippen molar-refractivity contribution in [2.45, 2.75) is 38.1 Å². The average Bonchev–Trinajstić information content (AvgIpc) is 2.29. The Bertz CT molecular complexity index is 473. The molecule has 1 spiro atoms. The number of imide groups is 2. The van der Waals surface area contributed by atoms with Crippen LogP contribution in [0.5, 0.6) is 0 Å². The van der Waals surface area contributed by atoms with E-state index in [0.717, 1.165) is 11.3 Å². The minimum absolute atomic E-state index is 0.0736. The van der Waals surface area contributed by atoms with Gasteiger partial charge in [-0.15, -0.1) is 0 Å². The number of carbonyl (C=O) groups is 4. The first-order chi connectivity index (χ1) is 9.04. The molecule has 1 unspecified atom stereocenters. The summed E-state index contributed by atoms with van der Waals surface area (Å²) in [4.78, 5) is 48.5. The van der Waals surface area contributed by atoms with E-state index in [1.807, 2.05) is 0 Å². The molecule has 102 valence electrons. The van der Waals surface area contributed by atoms with Crippen molar-refractivity contribution in [3.63, 3.8) is 0 Å². The van der Waals surface area contributed by atoms with E-state index in [-0.39, 0.29) is 18.5 Å². The molecule has 19 heavy (non-hydrogen) atoms. The molecule has 0 radical (unpaired) electrons. The normalized spacial score (nSPS) is 29.9. The lowest BCUT2D eigenvalue weighted by atomic mass is 9.66. The van der Waals surface area contributed by atoms with E-state index in [9.17, 15) is 19.2 Å². The lowest BCUT2D eigenvalue weighted by Crippen LogP contribution is -2.69. The number of hydrogen-bond acceptors (Lipinski definition) is 4. The van der Waals surface area contributed by atoms with Crippen LogP contribution in [0, 0.1) is 5.41 Å². The number of hydrogen-bond donors (Lipinski definition) is 2. The van der Waals surface area contributed by atoms with Gasteiger partial charge in [0.2, 0.25) is 17.7 Å². The summed E-state index contributed by atoms with van der Waals surface area (Å²) in [5.41, 5.74) is -1.03. The standard InChI is InChI=1S/C12H15N3O4/c16-8-3-2-7(6-13-8)15-10(18)12(4-1-5-12)9(17)14-11(15)19/h7H,1-6H2,(H,13,16)(H,14,17,19). The van der Waals surface area contributed by atoms with E-state index in [1.54, 1.807) is 0 Å². The molecular formula is C12H15N3O4. The molecule has 0 bridgehead atoms. The average molecular weight is 265 g/mol. The maximum absolute atomic E-state index is 12.5. The van der Waals surface area contributed by atoms with Crippen LogP contribution in [-0.2, 0) is 14.4 Å². The van der Waals surface area contributed by atoms with Crippen LogP contribution in [0.1, 0.15) is 32.1 Å². The zero-order valence-electron chi connectivity index (χ0n) is 10.4. The molecule has 3 fully saturated rings. The zero-order valence-corrected chi connectivity index (χ0v) is 10.4. The molecule has 0 aromatic heterocycles. The van der Waals surface area contributed by atoms with Gasteiger partial charge >= 0.3 is 6.03 Å². The van der Waals surface area contributed by atoms with Gasteiger partial charge in [-0.1, -0.05) is 6.42 Å². The summed E-state index contributed by atoms with van der Waals surface area (Å²) in [6.07, 6.45) is 2.57. The minimum atomic E-state index is -1.03. The van der Waals surface area contributed by atoms with Gasteiger partial charge in [0.25, 0.3) is 0 Å². The Balaban J connectivity index is 1.84. The fourth-order valence-corrected chi connectivity index (χ4v) is 2.94. The predicted molar refractivity (Wildman–Crippen MR) is 62.7 cm³/mol. The van der Waals surface area contributed by atoms with Gasteiger partial charge in [0.1, 0.15) is 5.41 Å². The third-order valence-corrected chi connectivity index (χ3v) is 4.31. The van der Waals surface area contributed by atoms with Crippen LogP contribution in [0.2, 0.25) is 0 Å². The molecule has 7 nitrogen and oxygen atoms in total. The maximum Gasteiger partial charge on any atom is 0.331 e. The lowest BCUT2D eigenvalue weighted by molar-refractivity contribution is -0.159. The van der Waals surface area contributed by atoms with E-state index >= 15 is 0 Å². The Labute approximate surface area is 109 Å². The van der Waals surface area contributed by atoms with Crippen LogP contribution >= 0.6 is 0 Å². The molecule has 1 aliphatic carbocycles. The molecule has 5 amide bonds. The molecule has 2 saturated heterocycles. The van der Waals surface area contributed by atoms with Crippen LogP contribution < -0.4 is 10.6 Å². The molecule has 3 aliphatic rings. The minimum Gasteiger partial charge on any atom is -0.354 e. The summed E-state index contributed by atoms with van der Waals surface area (Å²) < 4.78 is 0. The van der Waals surface area contributed by atoms with Crippen molar-refractivity contribution < 1.29 is 19.2 Å². The van der Waals surface area contributed by atoms with E-state index in [4.69, 9.17) is 0 Å². The highest BCUT2D eigenvalue weighted by Gasteiger charge is 2.58. The first-order valence-electron chi connectivity index (χ1n) is 6.50. The smallest absolute Gasteiger partial charge is 0.331 e. The molecule has 3 rings (SSSR count). The topological polar surface area (TPSA) is 95.6 Å². The van der Waals surface area contributed by atoms with Crippen LogP contribution in [0.15, 0.2) is 0 Å². The molecule has 2 N–H and O–H groups in total. The highest BCUT2D eigenvalue weighted by molar-refractivity contribution is 6.19. The van der Waals surface area contributed by atoms with Gasteiger partial charge in [0, 0.05) is 13.0 Å². The van der Waals surface area contributed by atoms with Gasteiger partial charge in [-0.05, 0) is 19.3 Å². The highest BCUT2D eigenvalue weighted by Crippen LogP contribution is 2.45. The third kappa shape index (κ3) is 1.64. The molecule has 7 heteroatoms. The molecule has 1 atom stereocenters.